The molecule has 0 fully saturated rings. The molecule has 5 heterocycles. The summed E-state index contributed by atoms with van der Waals surface area (Å²) in [5, 5.41) is -0.350. The predicted octanol–water partition coefficient (Wildman–Crippen LogP) is 8.73. The number of fused-ring (bicyclic) bond motifs is 9. The van der Waals surface area contributed by atoms with Crippen molar-refractivity contribution in [1.82, 2.24) is 15.0 Å². The zero-order chi connectivity index (χ0) is 54.2. The van der Waals surface area contributed by atoms with E-state index in [1.807, 2.05) is 0 Å². The SMILES string of the molecule is CCOC(=O)C(C(=O)OCC)=C1c2cccc(c2)C(=C(C(=O)OCC)C(=O)OCC)c2ccc([nH]2)C(c2c(F)c(F)c(F)c(F)c2F)=c2ccc([nH]2)=CC2=NC(=C(c3c(F)c(F)c(F)c(F)c3F)c3ccc1[nH]3)C=C2. The van der Waals surface area contributed by atoms with Crippen molar-refractivity contribution in [3.05, 3.63) is 204 Å². The number of nitrogens with zero attached hydrogens (tertiary/aromatic N) is 1. The fourth-order valence-electron chi connectivity index (χ4n) is 8.32. The minimum Gasteiger partial charge on any atom is -0.462 e. The number of ether oxygens (including phenoxy) is 4. The summed E-state index contributed by atoms with van der Waals surface area (Å²) in [7, 11) is 0. The van der Waals surface area contributed by atoms with Gasteiger partial charge in [-0.3, -0.25) is 0 Å². The summed E-state index contributed by atoms with van der Waals surface area (Å²) < 4.78 is 175. The molecule has 0 amide bonds. The molecule has 3 N–H and O–H groups in total. The molecule has 0 saturated heterocycles. The maximum atomic E-state index is 16.0. The summed E-state index contributed by atoms with van der Waals surface area (Å²) >= 11 is 0. The maximum Gasteiger partial charge on any atom is 0.346 e. The van der Waals surface area contributed by atoms with Gasteiger partial charge in [0, 0.05) is 55.8 Å². The molecule has 6 aromatic rings. The lowest BCUT2D eigenvalue weighted by atomic mass is 9.91. The fraction of sp³-hybridized carbons (Fsp3) is 0.151. The number of aliphatic imine (C=N–C) groups is 1. The molecule has 0 saturated carbocycles. The Hall–Kier alpha value is -8.95. The summed E-state index contributed by atoms with van der Waals surface area (Å²) in [4.78, 5) is 68.9. The normalized spacial score (nSPS) is 13.1. The van der Waals surface area contributed by atoms with Crippen molar-refractivity contribution in [2.75, 3.05) is 26.4 Å². The highest BCUT2D eigenvalue weighted by Crippen LogP contribution is 2.40. The van der Waals surface area contributed by atoms with Gasteiger partial charge in [0.25, 0.3) is 0 Å². The Morgan fingerprint density at radius 2 is 0.840 bits per heavy atom. The molecule has 22 heteroatoms. The Labute approximate surface area is 416 Å². The van der Waals surface area contributed by atoms with Gasteiger partial charge in [-0.1, -0.05) is 18.2 Å². The predicted molar refractivity (Wildman–Crippen MR) is 248 cm³/mol. The molecule has 0 unspecified atom stereocenters. The summed E-state index contributed by atoms with van der Waals surface area (Å²) in [5.41, 5.74) is -9.19. The van der Waals surface area contributed by atoms with Gasteiger partial charge in [0.05, 0.1) is 49.0 Å². The number of halogens is 10. The number of hydrogen-bond donors (Lipinski definition) is 3. The number of rotatable bonds is 10. The van der Waals surface area contributed by atoms with Crippen LogP contribution in [0.3, 0.4) is 0 Å². The lowest BCUT2D eigenvalue weighted by molar-refractivity contribution is -0.148. The third-order valence-corrected chi connectivity index (χ3v) is 11.4. The first-order valence-corrected chi connectivity index (χ1v) is 22.5. The molecule has 386 valence electrons. The van der Waals surface area contributed by atoms with Gasteiger partial charge in [0.15, 0.2) is 57.7 Å². The maximum absolute atomic E-state index is 16.0. The molecule has 3 aromatic carbocycles. The first-order chi connectivity index (χ1) is 35.9. The number of H-pyrrole nitrogens is 3. The first-order valence-electron chi connectivity index (χ1n) is 22.5. The highest BCUT2D eigenvalue weighted by atomic mass is 19.2. The van der Waals surface area contributed by atoms with Crippen LogP contribution < -0.4 is 10.7 Å². The Kier molecular flexibility index (Phi) is 14.8. The minimum atomic E-state index is -2.49. The van der Waals surface area contributed by atoms with Crippen LogP contribution in [0.2, 0.25) is 0 Å². The van der Waals surface area contributed by atoms with Crippen LogP contribution in [-0.2, 0) is 38.1 Å². The zero-order valence-corrected chi connectivity index (χ0v) is 39.3. The first kappa shape index (κ1) is 52.4. The summed E-state index contributed by atoms with van der Waals surface area (Å²) in [6.07, 6.45) is 3.58. The molecule has 2 aliphatic rings. The molecular weight excluding hydrogens is 1010 g/mol. The van der Waals surface area contributed by atoms with E-state index in [2.05, 4.69) is 19.9 Å². The number of carbonyl (C=O) groups excluding carboxylic acids is 4. The van der Waals surface area contributed by atoms with Crippen molar-refractivity contribution in [3.8, 4) is 0 Å². The molecule has 2 aliphatic heterocycles. The largest absolute Gasteiger partial charge is 0.462 e. The number of hydrogen-bond acceptors (Lipinski definition) is 9. The molecule has 0 spiro atoms. The van der Waals surface area contributed by atoms with Crippen molar-refractivity contribution in [2.45, 2.75) is 27.7 Å². The van der Waals surface area contributed by atoms with E-state index in [0.717, 1.165) is 18.2 Å². The molecular formula is C53H36F10N4O8. The van der Waals surface area contributed by atoms with Gasteiger partial charge in [-0.25, -0.2) is 68.1 Å². The highest BCUT2D eigenvalue weighted by Gasteiger charge is 2.35. The van der Waals surface area contributed by atoms with Crippen molar-refractivity contribution >= 4 is 58.0 Å². The number of carbonyl (C=O) groups is 4. The van der Waals surface area contributed by atoms with Crippen molar-refractivity contribution in [2.24, 2.45) is 4.99 Å². The highest BCUT2D eigenvalue weighted by molar-refractivity contribution is 6.23. The summed E-state index contributed by atoms with van der Waals surface area (Å²) in [6, 6.07) is 12.2. The van der Waals surface area contributed by atoms with E-state index in [-0.39, 0.29) is 65.4 Å². The Morgan fingerprint density at radius 1 is 0.453 bits per heavy atom. The molecule has 0 atom stereocenters. The molecule has 75 heavy (non-hydrogen) atoms. The van der Waals surface area contributed by atoms with E-state index in [1.165, 1.54) is 88.4 Å². The van der Waals surface area contributed by atoms with Gasteiger partial charge in [-0.15, -0.1) is 0 Å². The molecule has 0 radical (unpaired) electrons. The van der Waals surface area contributed by atoms with E-state index in [1.54, 1.807) is 0 Å². The van der Waals surface area contributed by atoms with Crippen LogP contribution >= 0.6 is 0 Å². The second kappa shape index (κ2) is 21.3. The number of benzene rings is 3. The van der Waals surface area contributed by atoms with Crippen molar-refractivity contribution < 1.29 is 82.0 Å². The van der Waals surface area contributed by atoms with Crippen LogP contribution in [0.5, 0.6) is 0 Å². The molecule has 8 rings (SSSR count). The van der Waals surface area contributed by atoms with E-state index in [4.69, 9.17) is 18.9 Å². The van der Waals surface area contributed by atoms with E-state index < -0.39 is 144 Å². The number of aromatic amines is 3. The van der Waals surface area contributed by atoms with Gasteiger partial charge in [-0.05, 0) is 99.5 Å². The van der Waals surface area contributed by atoms with Crippen LogP contribution in [0.4, 0.5) is 43.9 Å². The molecule has 3 aromatic heterocycles. The van der Waals surface area contributed by atoms with E-state index in [9.17, 15) is 28.0 Å². The van der Waals surface area contributed by atoms with Gasteiger partial charge in [0.1, 0.15) is 0 Å². The Bertz CT molecular complexity index is 3610. The van der Waals surface area contributed by atoms with Crippen LogP contribution in [0.15, 0.2) is 94.7 Å². The average molecular weight is 1050 g/mol. The standard InChI is InChI=1S/C53H36F10N4O8/c1-5-72-50(68)38(51(69)73-6-2)32-22-10-9-11-23(20-22)33(39(52(70)74-7-3)53(71)75-8-4)27-17-19-31(67-27)35(37-42(56)46(60)49(63)47(61)43(37)57)29-15-13-25(65-29)21-24-12-14-28(64-24)34(30-18-16-26(32)66-30)36-40(54)44(58)48(62)45(59)41(36)55/h9-21,64,66-67H,5-8H2,1-4H3. The Morgan fingerprint density at radius 3 is 1.27 bits per heavy atom. The van der Waals surface area contributed by atoms with Gasteiger partial charge in [0.2, 0.25) is 11.6 Å². The van der Waals surface area contributed by atoms with Crippen molar-refractivity contribution in [3.63, 3.8) is 0 Å². The molecule has 0 aliphatic carbocycles. The van der Waals surface area contributed by atoms with Crippen LogP contribution in [0, 0.1) is 58.2 Å². The van der Waals surface area contributed by atoms with Crippen LogP contribution in [0.1, 0.15) is 72.7 Å². The lowest BCUT2D eigenvalue weighted by Gasteiger charge is -2.17. The smallest absolute Gasteiger partial charge is 0.346 e. The summed E-state index contributed by atoms with van der Waals surface area (Å²) in [6.45, 7) is 4.38. The van der Waals surface area contributed by atoms with Gasteiger partial charge >= 0.3 is 23.9 Å². The van der Waals surface area contributed by atoms with E-state index >= 15 is 35.1 Å². The van der Waals surface area contributed by atoms with E-state index in [0.29, 0.717) is 0 Å². The lowest BCUT2D eigenvalue weighted by Crippen LogP contribution is -2.21. The average Bonchev–Trinajstić information content (AvgIpc) is 4.25. The van der Waals surface area contributed by atoms with Crippen molar-refractivity contribution in [1.29, 1.82) is 0 Å². The number of nitrogens with one attached hydrogen (secondary N) is 3. The van der Waals surface area contributed by atoms with Crippen LogP contribution in [-0.4, -0.2) is 71.0 Å². The number of aromatic nitrogens is 3. The summed E-state index contributed by atoms with van der Waals surface area (Å²) in [5.74, 6) is -28.6. The second-order valence-corrected chi connectivity index (χ2v) is 15.9. The molecule has 10 bridgehead atoms. The number of allylic oxidation sites excluding steroid dienone is 2. The monoisotopic (exact) mass is 1050 g/mol. The minimum absolute atomic E-state index is 0.0123. The van der Waals surface area contributed by atoms with Gasteiger partial charge < -0.3 is 33.9 Å². The third-order valence-electron chi connectivity index (χ3n) is 11.4. The fourth-order valence-corrected chi connectivity index (χ4v) is 8.32. The number of esters is 4. The molecule has 12 nitrogen and oxygen atoms in total. The zero-order valence-electron chi connectivity index (χ0n) is 39.3. The topological polar surface area (TPSA) is 165 Å². The Balaban J connectivity index is 1.59. The third kappa shape index (κ3) is 9.49. The second-order valence-electron chi connectivity index (χ2n) is 15.9. The van der Waals surface area contributed by atoms with Gasteiger partial charge in [-0.2, -0.15) is 0 Å². The quantitative estimate of drug-likeness (QED) is 0.0179. The van der Waals surface area contributed by atoms with Crippen LogP contribution in [0.25, 0.3) is 28.4 Å².